The summed E-state index contributed by atoms with van der Waals surface area (Å²) in [6.07, 6.45) is 4.74. The maximum absolute atomic E-state index is 12.7. The number of benzene rings is 1. The molecule has 1 N–H and O–H groups in total. The van der Waals surface area contributed by atoms with E-state index in [1.54, 1.807) is 6.92 Å². The van der Waals surface area contributed by atoms with Crippen molar-refractivity contribution >= 4 is 5.91 Å². The van der Waals surface area contributed by atoms with E-state index in [2.05, 4.69) is 15.2 Å². The molecule has 2 aliphatic rings. The first-order valence-corrected chi connectivity index (χ1v) is 8.80. The summed E-state index contributed by atoms with van der Waals surface area (Å²) in [6.45, 7) is 4.05. The number of hydrogen-bond donors (Lipinski definition) is 1. The SMILES string of the molecule is Cc1oc(-c2ccccc2)nc1C(=O)NC1CCN2CCCCC12. The Labute approximate surface area is 142 Å². The lowest BCUT2D eigenvalue weighted by molar-refractivity contribution is 0.0909. The third-order valence-corrected chi connectivity index (χ3v) is 5.20. The number of carbonyl (C=O) groups excluding carboxylic acids is 1. The number of aromatic nitrogens is 1. The first-order chi connectivity index (χ1) is 11.7. The molecule has 0 aliphatic carbocycles. The maximum atomic E-state index is 12.7. The van der Waals surface area contributed by atoms with E-state index in [0.717, 1.165) is 25.1 Å². The van der Waals surface area contributed by atoms with Crippen molar-refractivity contribution in [2.75, 3.05) is 13.1 Å². The van der Waals surface area contributed by atoms with Crippen LogP contribution in [0.15, 0.2) is 34.7 Å². The molecule has 2 unspecified atom stereocenters. The fraction of sp³-hybridized carbons (Fsp3) is 0.474. The highest BCUT2D eigenvalue weighted by molar-refractivity contribution is 5.94. The van der Waals surface area contributed by atoms with Gasteiger partial charge in [0.25, 0.3) is 5.91 Å². The number of amides is 1. The van der Waals surface area contributed by atoms with Crippen LogP contribution in [0, 0.1) is 6.92 Å². The first-order valence-electron chi connectivity index (χ1n) is 8.80. The number of aryl methyl sites for hydroxylation is 1. The van der Waals surface area contributed by atoms with Gasteiger partial charge >= 0.3 is 0 Å². The van der Waals surface area contributed by atoms with Gasteiger partial charge in [0.2, 0.25) is 5.89 Å². The number of piperidine rings is 1. The molecule has 24 heavy (non-hydrogen) atoms. The highest BCUT2D eigenvalue weighted by Crippen LogP contribution is 2.28. The van der Waals surface area contributed by atoms with Crippen LogP contribution in [-0.4, -0.2) is 41.0 Å². The highest BCUT2D eigenvalue weighted by atomic mass is 16.4. The molecular weight excluding hydrogens is 302 g/mol. The number of hydrogen-bond acceptors (Lipinski definition) is 4. The van der Waals surface area contributed by atoms with E-state index in [0.29, 0.717) is 23.4 Å². The van der Waals surface area contributed by atoms with Crippen molar-refractivity contribution in [1.29, 1.82) is 0 Å². The van der Waals surface area contributed by atoms with Crippen molar-refractivity contribution in [3.63, 3.8) is 0 Å². The number of fused-ring (bicyclic) bond motifs is 1. The van der Waals surface area contributed by atoms with Gasteiger partial charge in [0.05, 0.1) is 0 Å². The van der Waals surface area contributed by atoms with Crippen molar-refractivity contribution in [2.45, 2.75) is 44.7 Å². The molecule has 5 nitrogen and oxygen atoms in total. The lowest BCUT2D eigenvalue weighted by Gasteiger charge is -2.32. The lowest BCUT2D eigenvalue weighted by Crippen LogP contribution is -2.46. The van der Waals surface area contributed by atoms with Crippen molar-refractivity contribution in [1.82, 2.24) is 15.2 Å². The van der Waals surface area contributed by atoms with Gasteiger partial charge in [-0.1, -0.05) is 24.6 Å². The van der Waals surface area contributed by atoms with E-state index in [-0.39, 0.29) is 11.9 Å². The highest BCUT2D eigenvalue weighted by Gasteiger charge is 2.36. The number of oxazole rings is 1. The van der Waals surface area contributed by atoms with Gasteiger partial charge < -0.3 is 9.73 Å². The van der Waals surface area contributed by atoms with Crippen LogP contribution in [0.4, 0.5) is 0 Å². The predicted octanol–water partition coefficient (Wildman–Crippen LogP) is 3.01. The second kappa shape index (κ2) is 6.40. The van der Waals surface area contributed by atoms with Crippen molar-refractivity contribution in [3.05, 3.63) is 41.8 Å². The lowest BCUT2D eigenvalue weighted by atomic mass is 9.99. The third-order valence-electron chi connectivity index (χ3n) is 5.20. The maximum Gasteiger partial charge on any atom is 0.273 e. The second-order valence-electron chi connectivity index (χ2n) is 6.76. The van der Waals surface area contributed by atoms with Crippen LogP contribution in [-0.2, 0) is 0 Å². The number of nitrogens with zero attached hydrogens (tertiary/aromatic N) is 2. The smallest absolute Gasteiger partial charge is 0.273 e. The average Bonchev–Trinajstić information content (AvgIpc) is 3.20. The Morgan fingerprint density at radius 2 is 2.04 bits per heavy atom. The normalized spacial score (nSPS) is 23.9. The van der Waals surface area contributed by atoms with E-state index in [9.17, 15) is 4.79 Å². The Balaban J connectivity index is 1.50. The van der Waals surface area contributed by atoms with Crippen LogP contribution < -0.4 is 5.32 Å². The van der Waals surface area contributed by atoms with E-state index in [1.807, 2.05) is 30.3 Å². The molecule has 0 saturated carbocycles. The Hall–Kier alpha value is -2.14. The van der Waals surface area contributed by atoms with Crippen LogP contribution in [0.1, 0.15) is 41.9 Å². The monoisotopic (exact) mass is 325 g/mol. The number of nitrogens with one attached hydrogen (secondary N) is 1. The topological polar surface area (TPSA) is 58.4 Å². The summed E-state index contributed by atoms with van der Waals surface area (Å²) in [5, 5.41) is 3.20. The molecule has 2 fully saturated rings. The molecule has 2 aromatic rings. The molecule has 1 aromatic carbocycles. The first kappa shape index (κ1) is 15.4. The van der Waals surface area contributed by atoms with Gasteiger partial charge in [-0.3, -0.25) is 9.69 Å². The standard InChI is InChI=1S/C19H23N3O2/c1-13-17(21-19(24-13)14-7-3-2-4-8-14)18(23)20-15-10-12-22-11-6-5-9-16(15)22/h2-4,7-8,15-16H,5-6,9-12H2,1H3,(H,20,23). The van der Waals surface area contributed by atoms with Crippen LogP contribution >= 0.6 is 0 Å². The van der Waals surface area contributed by atoms with Crippen LogP contribution in [0.25, 0.3) is 11.5 Å². The molecule has 5 heteroatoms. The third kappa shape index (κ3) is 2.84. The summed E-state index contributed by atoms with van der Waals surface area (Å²) < 4.78 is 5.71. The zero-order valence-corrected chi connectivity index (χ0v) is 14.0. The zero-order valence-electron chi connectivity index (χ0n) is 14.0. The van der Waals surface area contributed by atoms with Gasteiger partial charge in [-0.15, -0.1) is 0 Å². The molecule has 0 spiro atoms. The molecule has 2 saturated heterocycles. The minimum atomic E-state index is -0.115. The van der Waals surface area contributed by atoms with Gasteiger partial charge in [-0.2, -0.15) is 0 Å². The van der Waals surface area contributed by atoms with Gasteiger partial charge in [-0.05, 0) is 44.9 Å². The average molecular weight is 325 g/mol. The van der Waals surface area contributed by atoms with Crippen LogP contribution in [0.5, 0.6) is 0 Å². The molecule has 4 rings (SSSR count). The van der Waals surface area contributed by atoms with Gasteiger partial charge in [-0.25, -0.2) is 4.98 Å². The molecule has 0 bridgehead atoms. The van der Waals surface area contributed by atoms with Crippen molar-refractivity contribution in [2.24, 2.45) is 0 Å². The predicted molar refractivity (Wildman–Crippen MR) is 91.8 cm³/mol. The minimum absolute atomic E-state index is 0.115. The molecule has 3 heterocycles. The van der Waals surface area contributed by atoms with Gasteiger partial charge in [0.15, 0.2) is 5.69 Å². The Bertz CT molecular complexity index is 725. The van der Waals surface area contributed by atoms with Gasteiger partial charge in [0, 0.05) is 24.2 Å². The molecule has 1 aromatic heterocycles. The van der Waals surface area contributed by atoms with Crippen molar-refractivity contribution < 1.29 is 9.21 Å². The zero-order chi connectivity index (χ0) is 16.5. The van der Waals surface area contributed by atoms with E-state index in [4.69, 9.17) is 4.42 Å². The minimum Gasteiger partial charge on any atom is -0.441 e. The van der Waals surface area contributed by atoms with Crippen molar-refractivity contribution in [3.8, 4) is 11.5 Å². The second-order valence-corrected chi connectivity index (χ2v) is 6.76. The van der Waals surface area contributed by atoms with E-state index in [1.165, 1.54) is 19.3 Å². The molecule has 2 atom stereocenters. The summed E-state index contributed by atoms with van der Waals surface area (Å²) in [7, 11) is 0. The molecular formula is C19H23N3O2. The van der Waals surface area contributed by atoms with E-state index >= 15 is 0 Å². The Morgan fingerprint density at radius 1 is 1.21 bits per heavy atom. The quantitative estimate of drug-likeness (QED) is 0.942. The Kier molecular flexibility index (Phi) is 4.10. The summed E-state index contributed by atoms with van der Waals surface area (Å²) in [5.74, 6) is 0.963. The Morgan fingerprint density at radius 3 is 2.88 bits per heavy atom. The summed E-state index contributed by atoms with van der Waals surface area (Å²) >= 11 is 0. The molecule has 126 valence electrons. The number of rotatable bonds is 3. The molecule has 2 aliphatic heterocycles. The molecule has 0 radical (unpaired) electrons. The van der Waals surface area contributed by atoms with Gasteiger partial charge in [0.1, 0.15) is 5.76 Å². The summed E-state index contributed by atoms with van der Waals surface area (Å²) in [4.78, 5) is 19.6. The van der Waals surface area contributed by atoms with Crippen LogP contribution in [0.2, 0.25) is 0 Å². The molecule has 1 amide bonds. The summed E-state index contributed by atoms with van der Waals surface area (Å²) in [5.41, 5.74) is 1.29. The fourth-order valence-electron chi connectivity index (χ4n) is 3.96. The summed E-state index contributed by atoms with van der Waals surface area (Å²) in [6, 6.07) is 10.4. The largest absolute Gasteiger partial charge is 0.441 e. The van der Waals surface area contributed by atoms with Crippen LogP contribution in [0.3, 0.4) is 0 Å². The number of carbonyl (C=O) groups is 1. The fourth-order valence-corrected chi connectivity index (χ4v) is 3.96. The van der Waals surface area contributed by atoms with E-state index < -0.39 is 0 Å².